The molecule has 0 spiro atoms. The zero-order valence-electron chi connectivity index (χ0n) is 27.8. The predicted octanol–water partition coefficient (Wildman–Crippen LogP) is 7.94. The van der Waals surface area contributed by atoms with Gasteiger partial charge in [-0.1, -0.05) is 31.6 Å². The molecule has 48 heavy (non-hydrogen) atoms. The lowest BCUT2D eigenvalue weighted by Crippen LogP contribution is -2.31. The summed E-state index contributed by atoms with van der Waals surface area (Å²) in [5.74, 6) is -3.11. The third kappa shape index (κ3) is 7.53. The monoisotopic (exact) mass is 655 g/mol. The Morgan fingerprint density at radius 3 is 2.62 bits per heavy atom. The van der Waals surface area contributed by atoms with Crippen molar-refractivity contribution in [2.75, 3.05) is 25.5 Å². The lowest BCUT2D eigenvalue weighted by atomic mass is 9.89. The van der Waals surface area contributed by atoms with E-state index in [-0.39, 0.29) is 40.6 Å². The zero-order chi connectivity index (χ0) is 34.4. The Morgan fingerprint density at radius 1 is 1.08 bits per heavy atom. The number of Topliss-reactive ketones (excluding diaryl/α,β-unsaturated/α-hetero) is 1. The van der Waals surface area contributed by atoms with Gasteiger partial charge in [-0.05, 0) is 86.9 Å². The van der Waals surface area contributed by atoms with Gasteiger partial charge in [0.1, 0.15) is 0 Å². The second kappa shape index (κ2) is 15.4. The molecular weight excluding hydrogens is 612 g/mol. The lowest BCUT2D eigenvalue weighted by molar-refractivity contribution is -0.130. The lowest BCUT2D eigenvalue weighted by Gasteiger charge is -2.19. The molecule has 0 bridgehead atoms. The highest BCUT2D eigenvalue weighted by Gasteiger charge is 2.33. The van der Waals surface area contributed by atoms with Crippen molar-refractivity contribution in [3.63, 3.8) is 0 Å². The number of ether oxygens (including phenoxy) is 1. The minimum atomic E-state index is -1.04. The molecule has 8 nitrogen and oxygen atoms in total. The van der Waals surface area contributed by atoms with Gasteiger partial charge in [0, 0.05) is 60.1 Å². The van der Waals surface area contributed by atoms with Gasteiger partial charge in [0.15, 0.2) is 11.6 Å². The SMILES string of the molecule is CCc1cc(NC2=CCC=CC3C(c4ccc(OC)c(F)c4F)=CN=C23)ccc1C(=O)C(=N)[C@@H]1CCN(C(=O)CCCCCC(C)=N)C1. The number of nitrogens with zero attached hydrogens (tertiary/aromatic N) is 2. The van der Waals surface area contributed by atoms with Crippen LogP contribution in [0.5, 0.6) is 5.75 Å². The number of unbranched alkanes of at least 4 members (excludes halogenated alkanes) is 2. The largest absolute Gasteiger partial charge is 0.494 e. The van der Waals surface area contributed by atoms with E-state index in [0.717, 1.165) is 42.6 Å². The minimum Gasteiger partial charge on any atom is -0.494 e. The average molecular weight is 656 g/mol. The van der Waals surface area contributed by atoms with Crippen LogP contribution in [0.25, 0.3) is 5.57 Å². The van der Waals surface area contributed by atoms with Crippen LogP contribution >= 0.6 is 0 Å². The van der Waals surface area contributed by atoms with Crippen molar-refractivity contribution in [2.45, 2.75) is 65.2 Å². The van der Waals surface area contributed by atoms with Crippen molar-refractivity contribution < 1.29 is 23.1 Å². The van der Waals surface area contributed by atoms with Crippen LogP contribution in [0.3, 0.4) is 0 Å². The molecule has 5 rings (SSSR count). The summed E-state index contributed by atoms with van der Waals surface area (Å²) in [6.45, 7) is 4.69. The van der Waals surface area contributed by atoms with E-state index >= 15 is 4.39 Å². The van der Waals surface area contributed by atoms with Gasteiger partial charge in [-0.2, -0.15) is 4.39 Å². The molecule has 3 aliphatic rings. The summed E-state index contributed by atoms with van der Waals surface area (Å²) in [7, 11) is 1.29. The molecule has 0 radical (unpaired) electrons. The summed E-state index contributed by atoms with van der Waals surface area (Å²) in [6.07, 6.45) is 13.1. The third-order valence-corrected chi connectivity index (χ3v) is 9.26. The second-order valence-corrected chi connectivity index (χ2v) is 12.6. The maximum absolute atomic E-state index is 15.0. The van der Waals surface area contributed by atoms with Crippen LogP contribution in [-0.4, -0.2) is 53.9 Å². The molecule has 2 aromatic rings. The Balaban J connectivity index is 1.22. The number of rotatable bonds is 14. The molecule has 2 aromatic carbocycles. The van der Waals surface area contributed by atoms with E-state index in [1.807, 2.05) is 31.2 Å². The van der Waals surface area contributed by atoms with Crippen molar-refractivity contribution in [2.24, 2.45) is 16.8 Å². The number of carbonyl (C=O) groups excluding carboxylic acids is 2. The van der Waals surface area contributed by atoms with Crippen LogP contribution < -0.4 is 10.1 Å². The quantitative estimate of drug-likeness (QED) is 0.0829. The van der Waals surface area contributed by atoms with Crippen LogP contribution in [0, 0.1) is 34.3 Å². The van der Waals surface area contributed by atoms with Gasteiger partial charge >= 0.3 is 0 Å². The molecule has 252 valence electrons. The van der Waals surface area contributed by atoms with Gasteiger partial charge in [0.2, 0.25) is 17.5 Å². The summed E-state index contributed by atoms with van der Waals surface area (Å²) in [4.78, 5) is 32.7. The molecule has 0 aromatic heterocycles. The third-order valence-electron chi connectivity index (χ3n) is 9.26. The highest BCUT2D eigenvalue weighted by Crippen LogP contribution is 2.38. The Morgan fingerprint density at radius 2 is 1.88 bits per heavy atom. The number of benzene rings is 2. The van der Waals surface area contributed by atoms with Gasteiger partial charge in [-0.3, -0.25) is 14.6 Å². The van der Waals surface area contributed by atoms with E-state index in [0.29, 0.717) is 61.3 Å². The summed E-state index contributed by atoms with van der Waals surface area (Å²) < 4.78 is 34.5. The van der Waals surface area contributed by atoms with Crippen molar-refractivity contribution in [3.8, 4) is 5.75 Å². The van der Waals surface area contributed by atoms with Gasteiger partial charge in [-0.15, -0.1) is 0 Å². The van der Waals surface area contributed by atoms with Gasteiger partial charge in [0.25, 0.3) is 0 Å². The standard InChI is InChI=1S/C38H43F2N5O3/c1-4-24-20-26(14-15-27(24)38(47)36(42)25-18-19-45(22-25)33(46)13-7-5-6-10-23(2)41)44-31-12-9-8-11-29-30(21-43-37(29)31)28-16-17-32(48-3)35(40)34(28)39/h8,11-12,14-17,20-21,25,29,41-42,44H,4-7,9-10,13,18-19,22H2,1-3H3/t25-,29?/m1/s1. The van der Waals surface area contributed by atoms with E-state index in [1.54, 1.807) is 30.2 Å². The minimum absolute atomic E-state index is 0.0312. The Hall–Kier alpha value is -4.73. The highest BCUT2D eigenvalue weighted by molar-refractivity contribution is 6.46. The number of aryl methyl sites for hydroxylation is 1. The number of methoxy groups -OCH3 is 1. The first-order valence-corrected chi connectivity index (χ1v) is 16.6. The summed E-state index contributed by atoms with van der Waals surface area (Å²) >= 11 is 0. The van der Waals surface area contributed by atoms with E-state index < -0.39 is 11.6 Å². The molecule has 2 heterocycles. The number of halogens is 2. The summed E-state index contributed by atoms with van der Waals surface area (Å²) in [6, 6.07) is 8.37. The number of nitrogens with one attached hydrogen (secondary N) is 3. The molecule has 2 atom stereocenters. The summed E-state index contributed by atoms with van der Waals surface area (Å²) in [5.41, 5.74) is 4.80. The average Bonchev–Trinajstić information content (AvgIpc) is 3.70. The number of aliphatic imine (C=N–C) groups is 1. The second-order valence-electron chi connectivity index (χ2n) is 12.6. The number of likely N-dealkylation sites (tertiary alicyclic amines) is 1. The molecule has 1 saturated heterocycles. The Labute approximate surface area is 280 Å². The number of allylic oxidation sites excluding steroid dienone is 5. The number of anilines is 1. The number of ketones is 1. The van der Waals surface area contributed by atoms with Gasteiger partial charge < -0.3 is 25.8 Å². The fraction of sp³-hybridized carbons (Fsp3) is 0.395. The maximum atomic E-state index is 15.0. The van der Waals surface area contributed by atoms with E-state index in [1.165, 1.54) is 19.2 Å². The molecule has 1 amide bonds. The molecule has 0 saturated carbocycles. The first-order chi connectivity index (χ1) is 23.1. The maximum Gasteiger partial charge on any atom is 0.222 e. The van der Waals surface area contributed by atoms with Crippen molar-refractivity contribution in [1.29, 1.82) is 10.8 Å². The normalized spacial score (nSPS) is 18.4. The van der Waals surface area contributed by atoms with Crippen LogP contribution in [0.15, 0.2) is 65.4 Å². The zero-order valence-corrected chi connectivity index (χ0v) is 27.8. The molecule has 2 aliphatic heterocycles. The molecule has 1 aliphatic carbocycles. The number of hydrogen-bond donors (Lipinski definition) is 3. The number of amides is 1. The number of hydrogen-bond acceptors (Lipinski definition) is 7. The van der Waals surface area contributed by atoms with Crippen molar-refractivity contribution in [3.05, 3.63) is 88.8 Å². The fourth-order valence-corrected chi connectivity index (χ4v) is 6.54. The predicted molar refractivity (Wildman–Crippen MR) is 186 cm³/mol. The molecular formula is C38H43F2N5O3. The van der Waals surface area contributed by atoms with E-state index in [4.69, 9.17) is 15.6 Å². The van der Waals surface area contributed by atoms with Crippen LogP contribution in [-0.2, 0) is 11.2 Å². The van der Waals surface area contributed by atoms with Crippen LogP contribution in [0.2, 0.25) is 0 Å². The number of fused-ring (bicyclic) bond motifs is 1. The first kappa shape index (κ1) is 34.6. The molecule has 1 fully saturated rings. The molecule has 10 heteroatoms. The van der Waals surface area contributed by atoms with Gasteiger partial charge in [-0.25, -0.2) is 4.39 Å². The van der Waals surface area contributed by atoms with Gasteiger partial charge in [0.05, 0.1) is 24.2 Å². The Kier molecular flexibility index (Phi) is 11.1. The smallest absolute Gasteiger partial charge is 0.222 e. The van der Waals surface area contributed by atoms with Crippen LogP contribution in [0.1, 0.15) is 80.3 Å². The molecule has 3 N–H and O–H groups in total. The van der Waals surface area contributed by atoms with Crippen molar-refractivity contribution >= 4 is 40.1 Å². The van der Waals surface area contributed by atoms with Crippen molar-refractivity contribution in [1.82, 2.24) is 4.90 Å². The van der Waals surface area contributed by atoms with E-state index in [2.05, 4.69) is 10.3 Å². The highest BCUT2D eigenvalue weighted by atomic mass is 19.2. The fourth-order valence-electron chi connectivity index (χ4n) is 6.54. The number of carbonyl (C=O) groups is 2. The summed E-state index contributed by atoms with van der Waals surface area (Å²) in [5, 5.41) is 19.7. The Bertz CT molecular complexity index is 1740. The van der Waals surface area contributed by atoms with E-state index in [9.17, 15) is 14.0 Å². The van der Waals surface area contributed by atoms with Crippen LogP contribution in [0.4, 0.5) is 14.5 Å². The topological polar surface area (TPSA) is 119 Å². The molecule has 1 unspecified atom stereocenters. The first-order valence-electron chi connectivity index (χ1n) is 16.6.